The average molecular weight is 213 g/mol. The Morgan fingerprint density at radius 1 is 1.38 bits per heavy atom. The van der Waals surface area contributed by atoms with Crippen LogP contribution in [0.1, 0.15) is 36.7 Å². The van der Waals surface area contributed by atoms with Crippen LogP contribution in [0.5, 0.6) is 0 Å². The van der Waals surface area contributed by atoms with Crippen LogP contribution in [0.2, 0.25) is 0 Å². The van der Waals surface area contributed by atoms with E-state index in [0.717, 1.165) is 41.6 Å². The molecule has 0 spiro atoms. The lowest BCUT2D eigenvalue weighted by Gasteiger charge is -1.93. The van der Waals surface area contributed by atoms with Gasteiger partial charge in [0.2, 0.25) is 0 Å². The van der Waals surface area contributed by atoms with E-state index in [9.17, 15) is 5.26 Å². The lowest BCUT2D eigenvalue weighted by Crippen LogP contribution is -1.84. The highest BCUT2D eigenvalue weighted by atomic mass is 16.3. The highest BCUT2D eigenvalue weighted by molar-refractivity contribution is 5.85. The second-order valence-electron chi connectivity index (χ2n) is 4.12. The number of rotatable bonds is 3. The first-order valence-electron chi connectivity index (χ1n) is 5.68. The first kappa shape index (κ1) is 10.8. The molecule has 0 bridgehead atoms. The third-order valence-electron chi connectivity index (χ3n) is 2.79. The molecule has 0 radical (unpaired) electrons. The molecule has 2 rings (SSSR count). The van der Waals surface area contributed by atoms with Crippen LogP contribution >= 0.6 is 0 Å². The molecule has 2 nitrogen and oxygen atoms in total. The van der Waals surface area contributed by atoms with Gasteiger partial charge in [-0.05, 0) is 25.5 Å². The van der Waals surface area contributed by atoms with Crippen molar-refractivity contribution in [1.82, 2.24) is 0 Å². The number of nitriles is 1. The Hall–Kier alpha value is -1.75. The molecule has 2 heteroatoms. The first-order valence-corrected chi connectivity index (χ1v) is 5.68. The molecule has 16 heavy (non-hydrogen) atoms. The minimum atomic E-state index is 0.715. The topological polar surface area (TPSA) is 36.9 Å². The van der Waals surface area contributed by atoms with Crippen LogP contribution in [0.4, 0.5) is 0 Å². The third-order valence-corrected chi connectivity index (χ3v) is 2.79. The van der Waals surface area contributed by atoms with Crippen molar-refractivity contribution in [3.8, 4) is 6.07 Å². The zero-order valence-corrected chi connectivity index (χ0v) is 9.71. The van der Waals surface area contributed by atoms with Crippen LogP contribution in [0.15, 0.2) is 22.6 Å². The number of furan rings is 1. The SMILES string of the molecule is CCCCc1oc2ccc(C)cc2c1C#N. The molecule has 0 aliphatic heterocycles. The van der Waals surface area contributed by atoms with Crippen molar-refractivity contribution in [2.75, 3.05) is 0 Å². The van der Waals surface area contributed by atoms with E-state index in [1.165, 1.54) is 0 Å². The summed E-state index contributed by atoms with van der Waals surface area (Å²) in [6, 6.07) is 8.24. The van der Waals surface area contributed by atoms with Crippen molar-refractivity contribution in [2.24, 2.45) is 0 Å². The van der Waals surface area contributed by atoms with Crippen LogP contribution in [-0.2, 0) is 6.42 Å². The summed E-state index contributed by atoms with van der Waals surface area (Å²) >= 11 is 0. The lowest BCUT2D eigenvalue weighted by molar-refractivity contribution is 0.535. The van der Waals surface area contributed by atoms with Crippen molar-refractivity contribution < 1.29 is 4.42 Å². The molecule has 0 fully saturated rings. The zero-order chi connectivity index (χ0) is 11.5. The Morgan fingerprint density at radius 3 is 2.88 bits per heavy atom. The van der Waals surface area contributed by atoms with E-state index in [-0.39, 0.29) is 0 Å². The van der Waals surface area contributed by atoms with Gasteiger partial charge in [0.05, 0.1) is 0 Å². The van der Waals surface area contributed by atoms with Gasteiger partial charge in [0, 0.05) is 11.8 Å². The Morgan fingerprint density at radius 2 is 2.19 bits per heavy atom. The van der Waals surface area contributed by atoms with Crippen molar-refractivity contribution in [3.63, 3.8) is 0 Å². The largest absolute Gasteiger partial charge is 0.460 e. The maximum absolute atomic E-state index is 9.19. The highest BCUT2D eigenvalue weighted by Crippen LogP contribution is 2.27. The van der Waals surface area contributed by atoms with Gasteiger partial charge in [0.1, 0.15) is 23.0 Å². The molecule has 0 amide bonds. The first-order chi connectivity index (χ1) is 7.76. The van der Waals surface area contributed by atoms with E-state index in [2.05, 4.69) is 13.0 Å². The summed E-state index contributed by atoms with van der Waals surface area (Å²) in [6.45, 7) is 4.16. The maximum atomic E-state index is 9.19. The van der Waals surface area contributed by atoms with Gasteiger partial charge in [-0.1, -0.05) is 25.0 Å². The molecule has 82 valence electrons. The van der Waals surface area contributed by atoms with Gasteiger partial charge >= 0.3 is 0 Å². The van der Waals surface area contributed by atoms with Crippen LogP contribution < -0.4 is 0 Å². The predicted molar refractivity (Wildman–Crippen MR) is 64.3 cm³/mol. The molecule has 1 aromatic carbocycles. The van der Waals surface area contributed by atoms with E-state index in [1.54, 1.807) is 0 Å². The molecule has 0 unspecified atom stereocenters. The molecule has 0 saturated heterocycles. The number of benzene rings is 1. The summed E-state index contributed by atoms with van der Waals surface area (Å²) < 4.78 is 5.72. The normalized spacial score (nSPS) is 10.6. The van der Waals surface area contributed by atoms with Gasteiger partial charge in [0.25, 0.3) is 0 Å². The second kappa shape index (κ2) is 4.40. The van der Waals surface area contributed by atoms with Gasteiger partial charge in [-0.2, -0.15) is 5.26 Å². The van der Waals surface area contributed by atoms with E-state index in [0.29, 0.717) is 5.56 Å². The molecule has 0 aliphatic rings. The van der Waals surface area contributed by atoms with E-state index in [4.69, 9.17) is 4.42 Å². The van der Waals surface area contributed by atoms with Crippen molar-refractivity contribution >= 4 is 11.0 Å². The standard InChI is InChI=1S/C14H15NO/c1-3-4-5-13-12(9-15)11-8-10(2)6-7-14(11)16-13/h6-8H,3-5H2,1-2H3. The third kappa shape index (κ3) is 1.81. The van der Waals surface area contributed by atoms with Gasteiger partial charge in [-0.3, -0.25) is 0 Å². The molecule has 0 aliphatic carbocycles. The van der Waals surface area contributed by atoms with Gasteiger partial charge in [-0.15, -0.1) is 0 Å². The fraction of sp³-hybridized carbons (Fsp3) is 0.357. The van der Waals surface area contributed by atoms with E-state index < -0.39 is 0 Å². The zero-order valence-electron chi connectivity index (χ0n) is 9.71. The number of aryl methyl sites for hydroxylation is 2. The second-order valence-corrected chi connectivity index (χ2v) is 4.12. The fourth-order valence-corrected chi connectivity index (χ4v) is 1.90. The summed E-state index contributed by atoms with van der Waals surface area (Å²) in [4.78, 5) is 0. The summed E-state index contributed by atoms with van der Waals surface area (Å²) in [5.41, 5.74) is 2.70. The summed E-state index contributed by atoms with van der Waals surface area (Å²) in [5, 5.41) is 10.1. The molecule has 0 atom stereocenters. The molecule has 1 heterocycles. The number of nitrogens with zero attached hydrogens (tertiary/aromatic N) is 1. The molecular formula is C14H15NO. The van der Waals surface area contributed by atoms with Crippen LogP contribution in [0.3, 0.4) is 0 Å². The minimum absolute atomic E-state index is 0.715. The molecule has 0 saturated carbocycles. The maximum Gasteiger partial charge on any atom is 0.135 e. The Labute approximate surface area is 95.5 Å². The Balaban J connectivity index is 2.54. The predicted octanol–water partition coefficient (Wildman–Crippen LogP) is 3.96. The Bertz CT molecular complexity index is 546. The van der Waals surface area contributed by atoms with Gasteiger partial charge in [-0.25, -0.2) is 0 Å². The number of unbranched alkanes of at least 4 members (excludes halogenated alkanes) is 1. The number of fused-ring (bicyclic) bond motifs is 1. The minimum Gasteiger partial charge on any atom is -0.460 e. The average Bonchev–Trinajstić information content (AvgIpc) is 2.63. The monoisotopic (exact) mass is 213 g/mol. The fourth-order valence-electron chi connectivity index (χ4n) is 1.90. The highest BCUT2D eigenvalue weighted by Gasteiger charge is 2.13. The number of hydrogen-bond acceptors (Lipinski definition) is 2. The van der Waals surface area contributed by atoms with E-state index in [1.807, 2.05) is 25.1 Å². The Kier molecular flexibility index (Phi) is 2.96. The van der Waals surface area contributed by atoms with Crippen molar-refractivity contribution in [2.45, 2.75) is 33.1 Å². The van der Waals surface area contributed by atoms with Crippen LogP contribution in [0.25, 0.3) is 11.0 Å². The molecule has 0 N–H and O–H groups in total. The van der Waals surface area contributed by atoms with Gasteiger partial charge < -0.3 is 4.42 Å². The molecular weight excluding hydrogens is 198 g/mol. The lowest BCUT2D eigenvalue weighted by atomic mass is 10.1. The summed E-state index contributed by atoms with van der Waals surface area (Å²) in [7, 11) is 0. The van der Waals surface area contributed by atoms with Crippen LogP contribution in [-0.4, -0.2) is 0 Å². The van der Waals surface area contributed by atoms with Crippen LogP contribution in [0, 0.1) is 18.3 Å². The number of hydrogen-bond donors (Lipinski definition) is 0. The smallest absolute Gasteiger partial charge is 0.135 e. The van der Waals surface area contributed by atoms with Crippen molar-refractivity contribution in [1.29, 1.82) is 5.26 Å². The quantitative estimate of drug-likeness (QED) is 0.773. The van der Waals surface area contributed by atoms with Gasteiger partial charge in [0.15, 0.2) is 0 Å². The summed E-state index contributed by atoms with van der Waals surface area (Å²) in [5.74, 6) is 0.838. The molecule has 1 aromatic heterocycles. The van der Waals surface area contributed by atoms with E-state index >= 15 is 0 Å². The summed E-state index contributed by atoms with van der Waals surface area (Å²) in [6.07, 6.45) is 3.03. The molecule has 2 aromatic rings. The van der Waals surface area contributed by atoms with Crippen molar-refractivity contribution in [3.05, 3.63) is 35.1 Å².